The molecule has 0 aliphatic carbocycles. The van der Waals surface area contributed by atoms with Crippen LogP contribution >= 0.6 is 0 Å². The van der Waals surface area contributed by atoms with Crippen molar-refractivity contribution in [3.8, 4) is 11.1 Å². The molecule has 2 fully saturated rings. The lowest BCUT2D eigenvalue weighted by atomic mass is 9.99. The third kappa shape index (κ3) is 5.72. The summed E-state index contributed by atoms with van der Waals surface area (Å²) in [6.45, 7) is 4.28. The molecule has 2 saturated heterocycles. The van der Waals surface area contributed by atoms with Gasteiger partial charge in [-0.2, -0.15) is 8.78 Å². The van der Waals surface area contributed by atoms with E-state index in [1.807, 2.05) is 17.4 Å². The summed E-state index contributed by atoms with van der Waals surface area (Å²) in [4.78, 5) is 20.7. The largest absolute Gasteiger partial charge is 0.386 e. The van der Waals surface area contributed by atoms with Crippen molar-refractivity contribution in [2.75, 3.05) is 32.9 Å². The Bertz CT molecular complexity index is 914. The third-order valence-corrected chi connectivity index (χ3v) is 6.46. The van der Waals surface area contributed by atoms with Crippen molar-refractivity contribution in [3.63, 3.8) is 0 Å². The first-order chi connectivity index (χ1) is 15.9. The van der Waals surface area contributed by atoms with Gasteiger partial charge in [-0.15, -0.1) is 0 Å². The van der Waals surface area contributed by atoms with Gasteiger partial charge >= 0.3 is 6.43 Å². The highest BCUT2D eigenvalue weighted by molar-refractivity contribution is 5.79. The highest BCUT2D eigenvalue weighted by atomic mass is 19.3. The summed E-state index contributed by atoms with van der Waals surface area (Å²) >= 11 is 0. The predicted octanol–water partition coefficient (Wildman–Crippen LogP) is 2.78. The van der Waals surface area contributed by atoms with Crippen molar-refractivity contribution >= 4 is 5.91 Å². The van der Waals surface area contributed by atoms with Gasteiger partial charge in [-0.3, -0.25) is 19.6 Å². The molecule has 3 heterocycles. The van der Waals surface area contributed by atoms with Crippen molar-refractivity contribution in [1.29, 1.82) is 0 Å². The second-order valence-electron chi connectivity index (χ2n) is 8.77. The maximum Gasteiger partial charge on any atom is 0.315 e. The number of carbonyl (C=O) groups excluding carboxylic acids is 1. The monoisotopic (exact) mass is 462 g/mol. The maximum absolute atomic E-state index is 13.2. The van der Waals surface area contributed by atoms with E-state index < -0.39 is 31.2 Å². The van der Waals surface area contributed by atoms with Crippen LogP contribution in [0.3, 0.4) is 0 Å². The number of aliphatic hydroxyl groups is 1. The number of amides is 1. The first-order valence-corrected chi connectivity index (χ1v) is 11.3. The zero-order valence-electron chi connectivity index (χ0n) is 18.3. The lowest BCUT2D eigenvalue weighted by Gasteiger charge is -2.44. The quantitative estimate of drug-likeness (QED) is 0.600. The fraction of sp³-hybridized carbons (Fsp3) is 0.500. The minimum Gasteiger partial charge on any atom is -0.386 e. The number of aliphatic hydroxyl groups excluding tert-OH is 1. The van der Waals surface area contributed by atoms with E-state index in [9.17, 15) is 23.1 Å². The van der Waals surface area contributed by atoms with E-state index in [1.54, 1.807) is 30.5 Å². The molecule has 2 aromatic rings. The van der Waals surface area contributed by atoms with Crippen molar-refractivity contribution in [2.45, 2.75) is 44.0 Å². The Labute approximate surface area is 191 Å². The second kappa shape index (κ2) is 10.6. The summed E-state index contributed by atoms with van der Waals surface area (Å²) in [5.74, 6) is -1.61. The average molecular weight is 463 g/mol. The Balaban J connectivity index is 1.31. The molecule has 1 amide bonds. The SMILES string of the molecule is O=C(N[C@H](CF)[C@@H](O)c1ccc(-c2ccc(CN3CC(N4CCCC4)C3)nc2)cc1)C(F)F. The Morgan fingerprint density at radius 3 is 2.33 bits per heavy atom. The number of benzene rings is 1. The fourth-order valence-electron chi connectivity index (χ4n) is 4.48. The molecule has 2 aliphatic rings. The zero-order valence-corrected chi connectivity index (χ0v) is 18.3. The van der Waals surface area contributed by atoms with Crippen LogP contribution < -0.4 is 5.32 Å². The number of hydrogen-bond acceptors (Lipinski definition) is 5. The van der Waals surface area contributed by atoms with Crippen LogP contribution in [-0.4, -0.2) is 77.2 Å². The molecule has 2 atom stereocenters. The first-order valence-electron chi connectivity index (χ1n) is 11.3. The number of nitrogens with one attached hydrogen (secondary N) is 1. The first kappa shape index (κ1) is 23.7. The van der Waals surface area contributed by atoms with Gasteiger partial charge in [0.1, 0.15) is 12.8 Å². The van der Waals surface area contributed by atoms with Gasteiger partial charge < -0.3 is 10.4 Å². The molecular formula is C24H29F3N4O2. The highest BCUT2D eigenvalue weighted by Gasteiger charge is 2.33. The number of nitrogens with zero attached hydrogens (tertiary/aromatic N) is 3. The van der Waals surface area contributed by atoms with E-state index in [1.165, 1.54) is 25.9 Å². The Morgan fingerprint density at radius 2 is 1.76 bits per heavy atom. The number of pyridine rings is 1. The standard InChI is InChI=1S/C24H29F3N4O2/c25-11-21(29-24(33)23(26)27)22(32)17-5-3-16(4-6-17)18-7-8-19(28-12-18)13-30-14-20(15-30)31-9-1-2-10-31/h3-8,12,20-23,32H,1-2,9-11,13-15H2,(H,29,33)/t21-,22+/m1/s1. The van der Waals surface area contributed by atoms with E-state index in [2.05, 4.69) is 14.8 Å². The topological polar surface area (TPSA) is 68.7 Å². The van der Waals surface area contributed by atoms with Crippen LogP contribution in [0.25, 0.3) is 11.1 Å². The van der Waals surface area contributed by atoms with E-state index >= 15 is 0 Å². The highest BCUT2D eigenvalue weighted by Crippen LogP contribution is 2.25. The second-order valence-corrected chi connectivity index (χ2v) is 8.77. The van der Waals surface area contributed by atoms with Gasteiger partial charge in [0.15, 0.2) is 0 Å². The predicted molar refractivity (Wildman–Crippen MR) is 118 cm³/mol. The third-order valence-electron chi connectivity index (χ3n) is 6.46. The van der Waals surface area contributed by atoms with Crippen molar-refractivity contribution < 1.29 is 23.1 Å². The molecule has 178 valence electrons. The van der Waals surface area contributed by atoms with E-state index in [0.29, 0.717) is 11.6 Å². The van der Waals surface area contributed by atoms with Crippen LogP contribution in [0.1, 0.15) is 30.2 Å². The van der Waals surface area contributed by atoms with Crippen molar-refractivity contribution in [1.82, 2.24) is 20.1 Å². The van der Waals surface area contributed by atoms with Crippen LogP contribution in [0.15, 0.2) is 42.6 Å². The summed E-state index contributed by atoms with van der Waals surface area (Å²) in [6.07, 6.45) is -0.285. The van der Waals surface area contributed by atoms with Crippen LogP contribution in [0.4, 0.5) is 13.2 Å². The lowest BCUT2D eigenvalue weighted by molar-refractivity contribution is -0.133. The van der Waals surface area contributed by atoms with E-state index in [4.69, 9.17) is 0 Å². The average Bonchev–Trinajstić information content (AvgIpc) is 3.33. The number of halogens is 3. The van der Waals surface area contributed by atoms with Crippen LogP contribution in [0, 0.1) is 0 Å². The van der Waals surface area contributed by atoms with Gasteiger partial charge in [-0.05, 0) is 43.1 Å². The van der Waals surface area contributed by atoms with Crippen molar-refractivity contribution in [3.05, 3.63) is 53.9 Å². The van der Waals surface area contributed by atoms with Gasteiger partial charge in [-0.25, -0.2) is 4.39 Å². The molecule has 1 aromatic carbocycles. The minimum absolute atomic E-state index is 0.325. The van der Waals surface area contributed by atoms with Gasteiger partial charge in [0.05, 0.1) is 11.7 Å². The molecule has 0 saturated carbocycles. The minimum atomic E-state index is -3.27. The van der Waals surface area contributed by atoms with Crippen LogP contribution in [0.5, 0.6) is 0 Å². The molecular weight excluding hydrogens is 433 g/mol. The Morgan fingerprint density at radius 1 is 1.09 bits per heavy atom. The van der Waals surface area contributed by atoms with Crippen LogP contribution in [0.2, 0.25) is 0 Å². The summed E-state index contributed by atoms with van der Waals surface area (Å²) < 4.78 is 38.0. The van der Waals surface area contributed by atoms with E-state index in [0.717, 1.165) is 36.5 Å². The summed E-state index contributed by atoms with van der Waals surface area (Å²) in [5, 5.41) is 12.1. The number of rotatable bonds is 9. The Kier molecular flexibility index (Phi) is 7.62. The molecule has 0 spiro atoms. The smallest absolute Gasteiger partial charge is 0.315 e. The number of aromatic nitrogens is 1. The molecule has 0 bridgehead atoms. The fourth-order valence-corrected chi connectivity index (χ4v) is 4.48. The summed E-state index contributed by atoms with van der Waals surface area (Å²) in [6, 6.07) is 9.89. The molecule has 4 rings (SSSR count). The Hall–Kier alpha value is -2.49. The van der Waals surface area contributed by atoms with Gasteiger partial charge in [0.25, 0.3) is 5.91 Å². The van der Waals surface area contributed by atoms with Gasteiger partial charge in [-0.1, -0.05) is 30.3 Å². The van der Waals surface area contributed by atoms with E-state index in [-0.39, 0.29) is 0 Å². The normalized spacial score (nSPS) is 19.4. The molecule has 0 radical (unpaired) electrons. The zero-order chi connectivity index (χ0) is 23.4. The number of hydrogen-bond donors (Lipinski definition) is 2. The van der Waals surface area contributed by atoms with Crippen molar-refractivity contribution in [2.24, 2.45) is 0 Å². The molecule has 2 N–H and O–H groups in total. The van der Waals surface area contributed by atoms with Gasteiger partial charge in [0.2, 0.25) is 0 Å². The molecule has 9 heteroatoms. The number of alkyl halides is 3. The molecule has 1 aromatic heterocycles. The lowest BCUT2D eigenvalue weighted by Crippen LogP contribution is -2.58. The number of carbonyl (C=O) groups is 1. The molecule has 33 heavy (non-hydrogen) atoms. The summed E-state index contributed by atoms with van der Waals surface area (Å²) in [5.41, 5.74) is 3.08. The molecule has 6 nitrogen and oxygen atoms in total. The van der Waals surface area contributed by atoms with Gasteiger partial charge in [0, 0.05) is 37.4 Å². The molecule has 2 aliphatic heterocycles. The number of likely N-dealkylation sites (tertiary alicyclic amines) is 2. The molecule has 0 unspecified atom stereocenters. The van der Waals surface area contributed by atoms with Crippen LogP contribution in [-0.2, 0) is 11.3 Å². The maximum atomic E-state index is 13.2. The summed E-state index contributed by atoms with van der Waals surface area (Å²) in [7, 11) is 0.